The van der Waals surface area contributed by atoms with E-state index in [1.165, 1.54) is 6.07 Å². The second-order valence-corrected chi connectivity index (χ2v) is 13.2. The largest absolute Gasteiger partial charge is 0.496 e. The van der Waals surface area contributed by atoms with E-state index in [4.69, 9.17) is 9.47 Å². The molecule has 2 atom stereocenters. The number of piperidine rings is 1. The predicted molar refractivity (Wildman–Crippen MR) is 156 cm³/mol. The van der Waals surface area contributed by atoms with Gasteiger partial charge in [0.25, 0.3) is 0 Å². The zero-order valence-electron chi connectivity index (χ0n) is 23.6. The highest BCUT2D eigenvalue weighted by Crippen LogP contribution is 2.37. The van der Waals surface area contributed by atoms with Crippen molar-refractivity contribution < 1.29 is 27.8 Å². The monoisotopic (exact) mass is 592 g/mol. The van der Waals surface area contributed by atoms with E-state index < -0.39 is 27.7 Å². The van der Waals surface area contributed by atoms with Crippen LogP contribution in [0.15, 0.2) is 71.9 Å². The van der Waals surface area contributed by atoms with E-state index in [2.05, 4.69) is 21.3 Å². The van der Waals surface area contributed by atoms with E-state index in [1.807, 2.05) is 30.3 Å². The number of sulfonamides is 1. The number of pyridine rings is 1. The first-order valence-corrected chi connectivity index (χ1v) is 15.8. The lowest BCUT2D eigenvalue weighted by Gasteiger charge is -2.43. The van der Waals surface area contributed by atoms with Crippen molar-refractivity contribution in [2.75, 3.05) is 33.4 Å². The van der Waals surface area contributed by atoms with Gasteiger partial charge in [0, 0.05) is 68.1 Å². The lowest BCUT2D eigenvalue weighted by atomic mass is 9.84. The zero-order valence-corrected chi connectivity index (χ0v) is 24.4. The maximum Gasteiger partial charge on any atom is 0.247 e. The quantitative estimate of drug-likeness (QED) is 0.475. The van der Waals surface area contributed by atoms with Crippen LogP contribution in [0.25, 0.3) is 11.1 Å². The second-order valence-electron chi connectivity index (χ2n) is 11.3. The maximum atomic E-state index is 13.9. The predicted octanol–water partition coefficient (Wildman–Crippen LogP) is 2.81. The Balaban J connectivity index is 1.29. The summed E-state index contributed by atoms with van der Waals surface area (Å²) in [6, 6.07) is 15.6. The van der Waals surface area contributed by atoms with Gasteiger partial charge in [0.05, 0.1) is 19.8 Å². The molecule has 4 heterocycles. The van der Waals surface area contributed by atoms with Crippen molar-refractivity contribution >= 4 is 15.9 Å². The number of aliphatic hydroxyl groups is 1. The number of benzene rings is 2. The third-order valence-electron chi connectivity index (χ3n) is 8.69. The molecule has 2 aromatic carbocycles. The van der Waals surface area contributed by atoms with Crippen LogP contribution in [0.2, 0.25) is 0 Å². The Morgan fingerprint density at radius 1 is 1.10 bits per heavy atom. The Morgan fingerprint density at radius 2 is 1.90 bits per heavy atom. The molecule has 222 valence electrons. The highest BCUT2D eigenvalue weighted by atomic mass is 32.2. The van der Waals surface area contributed by atoms with Crippen LogP contribution in [0.1, 0.15) is 31.2 Å². The van der Waals surface area contributed by atoms with E-state index in [-0.39, 0.29) is 36.1 Å². The molecule has 6 rings (SSSR count). The van der Waals surface area contributed by atoms with Gasteiger partial charge < -0.3 is 19.9 Å². The third kappa shape index (κ3) is 5.61. The Hall–Kier alpha value is -3.51. The fraction of sp³-hybridized carbons (Fsp3) is 0.419. The standard InChI is InChI=1S/C31H36N4O6S/c1-40-27-7-3-2-5-24(27)20-34-14-10-31(11-15-34)12-16-41-28-17-22(23-6-4-13-32-19-23)8-9-29(28)42(38,39)35-21-25(36)18-26(35)30(37)33-31/h2-9,13,17,19,25-26,36H,10-12,14-16,18,20-21H2,1H3,(H,33,37)/t25-,26+/m1/s1. The average Bonchev–Trinajstić information content (AvgIpc) is 3.41. The van der Waals surface area contributed by atoms with Gasteiger partial charge in [-0.05, 0) is 42.7 Å². The summed E-state index contributed by atoms with van der Waals surface area (Å²) in [5.74, 6) is 0.707. The SMILES string of the molecule is COc1ccccc1CN1CCC2(CCOc3cc(-c4cccnc4)ccc3S(=O)(=O)N3C[C@H](O)C[C@H]3C(=O)N2)CC1. The number of likely N-dealkylation sites (tertiary alicyclic amines) is 1. The molecule has 2 N–H and O–H groups in total. The van der Waals surface area contributed by atoms with Crippen molar-refractivity contribution in [3.05, 3.63) is 72.6 Å². The van der Waals surface area contributed by atoms with Crippen molar-refractivity contribution in [2.45, 2.75) is 54.8 Å². The molecule has 2 saturated heterocycles. The molecular weight excluding hydrogens is 556 g/mol. The number of aromatic nitrogens is 1. The number of fused-ring (bicyclic) bond motifs is 2. The van der Waals surface area contributed by atoms with E-state index in [0.29, 0.717) is 19.3 Å². The lowest BCUT2D eigenvalue weighted by Crippen LogP contribution is -2.59. The number of nitrogens with zero attached hydrogens (tertiary/aromatic N) is 3. The minimum atomic E-state index is -4.14. The highest BCUT2D eigenvalue weighted by molar-refractivity contribution is 7.89. The number of aliphatic hydroxyl groups excluding tert-OH is 1. The third-order valence-corrected chi connectivity index (χ3v) is 10.6. The molecule has 3 aromatic rings. The molecule has 0 aliphatic carbocycles. The minimum Gasteiger partial charge on any atom is -0.496 e. The number of para-hydroxylation sites is 1. The molecule has 0 bridgehead atoms. The smallest absolute Gasteiger partial charge is 0.247 e. The number of hydrogen-bond acceptors (Lipinski definition) is 8. The van der Waals surface area contributed by atoms with Crippen molar-refractivity contribution in [3.63, 3.8) is 0 Å². The fourth-order valence-corrected chi connectivity index (χ4v) is 8.06. The van der Waals surface area contributed by atoms with E-state index in [1.54, 1.807) is 31.6 Å². The van der Waals surface area contributed by atoms with E-state index >= 15 is 0 Å². The lowest BCUT2D eigenvalue weighted by molar-refractivity contribution is -0.127. The summed E-state index contributed by atoms with van der Waals surface area (Å²) in [4.78, 5) is 20.2. The number of nitrogens with one attached hydrogen (secondary N) is 1. The van der Waals surface area contributed by atoms with Crippen molar-refractivity contribution in [1.82, 2.24) is 19.5 Å². The summed E-state index contributed by atoms with van der Waals surface area (Å²) in [7, 11) is -2.47. The number of rotatable bonds is 4. The van der Waals surface area contributed by atoms with Crippen molar-refractivity contribution in [2.24, 2.45) is 0 Å². The van der Waals surface area contributed by atoms with Crippen LogP contribution < -0.4 is 14.8 Å². The maximum absolute atomic E-state index is 13.9. The number of methoxy groups -OCH3 is 1. The number of ether oxygens (including phenoxy) is 2. The molecule has 0 radical (unpaired) electrons. The first kappa shape index (κ1) is 28.6. The fourth-order valence-electron chi connectivity index (χ4n) is 6.31. The van der Waals surface area contributed by atoms with Crippen molar-refractivity contribution in [1.29, 1.82) is 0 Å². The van der Waals surface area contributed by atoms with Gasteiger partial charge in [-0.2, -0.15) is 4.31 Å². The average molecular weight is 593 g/mol. The summed E-state index contributed by atoms with van der Waals surface area (Å²) in [6.07, 6.45) is 4.39. The van der Waals surface area contributed by atoms with Gasteiger partial charge in [-0.3, -0.25) is 14.7 Å². The number of amides is 1. The zero-order chi connectivity index (χ0) is 29.3. The number of hydrogen-bond donors (Lipinski definition) is 2. The first-order valence-electron chi connectivity index (χ1n) is 14.3. The molecule has 10 nitrogen and oxygen atoms in total. The van der Waals surface area contributed by atoms with Crippen LogP contribution in [0, 0.1) is 0 Å². The van der Waals surface area contributed by atoms with Crippen LogP contribution >= 0.6 is 0 Å². The molecule has 2 fully saturated rings. The summed E-state index contributed by atoms with van der Waals surface area (Å²) < 4.78 is 40.8. The molecule has 1 amide bonds. The normalized spacial score (nSPS) is 24.1. The minimum absolute atomic E-state index is 0.00961. The van der Waals surface area contributed by atoms with E-state index in [9.17, 15) is 18.3 Å². The molecular formula is C31H36N4O6S. The van der Waals surface area contributed by atoms with Gasteiger partial charge in [0.15, 0.2) is 0 Å². The Kier molecular flexibility index (Phi) is 7.93. The molecule has 3 aliphatic heterocycles. The first-order chi connectivity index (χ1) is 20.3. The van der Waals surface area contributed by atoms with Gasteiger partial charge in [-0.15, -0.1) is 0 Å². The Morgan fingerprint density at radius 3 is 2.67 bits per heavy atom. The van der Waals surface area contributed by atoms with Crippen molar-refractivity contribution in [3.8, 4) is 22.6 Å². The van der Waals surface area contributed by atoms with Crippen LogP contribution in [-0.2, 0) is 21.4 Å². The van der Waals surface area contributed by atoms with Crippen LogP contribution in [0.5, 0.6) is 11.5 Å². The number of carbonyl (C=O) groups excluding carboxylic acids is 1. The summed E-state index contributed by atoms with van der Waals surface area (Å²) in [6.45, 7) is 2.31. The summed E-state index contributed by atoms with van der Waals surface area (Å²) in [5.41, 5.74) is 2.15. The van der Waals surface area contributed by atoms with Gasteiger partial charge in [0.1, 0.15) is 22.4 Å². The molecule has 1 aromatic heterocycles. The Labute approximate surface area is 246 Å². The van der Waals surface area contributed by atoms with Crippen LogP contribution in [0.4, 0.5) is 0 Å². The molecule has 42 heavy (non-hydrogen) atoms. The number of carbonyl (C=O) groups is 1. The van der Waals surface area contributed by atoms with Gasteiger partial charge in [-0.1, -0.05) is 30.3 Å². The molecule has 0 unspecified atom stereocenters. The Bertz CT molecular complexity index is 1540. The highest BCUT2D eigenvalue weighted by Gasteiger charge is 2.47. The van der Waals surface area contributed by atoms with Gasteiger partial charge in [0.2, 0.25) is 15.9 Å². The second kappa shape index (κ2) is 11.6. The van der Waals surface area contributed by atoms with Gasteiger partial charge in [-0.25, -0.2) is 8.42 Å². The molecule has 11 heteroatoms. The molecule has 1 spiro atoms. The summed E-state index contributed by atoms with van der Waals surface area (Å²) >= 11 is 0. The van der Waals surface area contributed by atoms with Gasteiger partial charge >= 0.3 is 0 Å². The summed E-state index contributed by atoms with van der Waals surface area (Å²) in [5, 5.41) is 13.7. The van der Waals surface area contributed by atoms with Crippen LogP contribution in [-0.4, -0.2) is 84.7 Å². The topological polar surface area (TPSA) is 121 Å². The van der Waals surface area contributed by atoms with Crippen LogP contribution in [0.3, 0.4) is 0 Å². The van der Waals surface area contributed by atoms with E-state index in [0.717, 1.165) is 46.4 Å². The molecule has 3 aliphatic rings. The molecule has 0 saturated carbocycles.